The summed E-state index contributed by atoms with van der Waals surface area (Å²) in [5.41, 5.74) is 5.79. The highest BCUT2D eigenvalue weighted by Gasteiger charge is 2.29. The quantitative estimate of drug-likeness (QED) is 0.801. The standard InChI is InChI=1S/C11H16N2O2/c1-15-9-5-8(6-9)7-13-4-2-3-10(12)11(13)14/h2-4,8-9H,5-7,12H2,1H3. The van der Waals surface area contributed by atoms with Gasteiger partial charge in [0.05, 0.1) is 11.8 Å². The number of nitrogen functional groups attached to an aromatic ring is 1. The predicted molar refractivity (Wildman–Crippen MR) is 58.6 cm³/mol. The Labute approximate surface area is 88.7 Å². The first kappa shape index (κ1) is 10.2. The molecule has 4 heteroatoms. The van der Waals surface area contributed by atoms with Gasteiger partial charge in [-0.1, -0.05) is 0 Å². The van der Waals surface area contributed by atoms with Crippen LogP contribution in [0.5, 0.6) is 0 Å². The van der Waals surface area contributed by atoms with Crippen molar-refractivity contribution >= 4 is 5.69 Å². The van der Waals surface area contributed by atoms with Crippen molar-refractivity contribution in [3.8, 4) is 0 Å². The highest BCUT2D eigenvalue weighted by Crippen LogP contribution is 2.30. The van der Waals surface area contributed by atoms with E-state index in [0.717, 1.165) is 19.4 Å². The zero-order valence-corrected chi connectivity index (χ0v) is 8.85. The van der Waals surface area contributed by atoms with Gasteiger partial charge >= 0.3 is 0 Å². The normalized spacial score (nSPS) is 24.9. The van der Waals surface area contributed by atoms with Gasteiger partial charge in [0.25, 0.3) is 5.56 Å². The number of aromatic nitrogens is 1. The van der Waals surface area contributed by atoms with E-state index in [1.165, 1.54) is 0 Å². The Morgan fingerprint density at radius 2 is 2.33 bits per heavy atom. The zero-order valence-electron chi connectivity index (χ0n) is 8.85. The number of methoxy groups -OCH3 is 1. The van der Waals surface area contributed by atoms with Crippen molar-refractivity contribution < 1.29 is 4.74 Å². The smallest absolute Gasteiger partial charge is 0.273 e. The molecule has 0 aromatic carbocycles. The molecule has 15 heavy (non-hydrogen) atoms. The van der Waals surface area contributed by atoms with Gasteiger partial charge in [0, 0.05) is 19.9 Å². The molecule has 0 unspecified atom stereocenters. The van der Waals surface area contributed by atoms with Crippen molar-refractivity contribution in [1.29, 1.82) is 0 Å². The lowest BCUT2D eigenvalue weighted by molar-refractivity contribution is -0.00465. The van der Waals surface area contributed by atoms with Gasteiger partial charge in [-0.3, -0.25) is 4.79 Å². The van der Waals surface area contributed by atoms with E-state index in [2.05, 4.69) is 0 Å². The number of nitrogens with zero attached hydrogens (tertiary/aromatic N) is 1. The maximum absolute atomic E-state index is 11.6. The highest BCUT2D eigenvalue weighted by molar-refractivity contribution is 5.33. The number of ether oxygens (including phenoxy) is 1. The average molecular weight is 208 g/mol. The van der Waals surface area contributed by atoms with E-state index in [9.17, 15) is 4.79 Å². The molecule has 2 rings (SSSR count). The number of rotatable bonds is 3. The van der Waals surface area contributed by atoms with Crippen LogP contribution in [-0.4, -0.2) is 17.8 Å². The Morgan fingerprint density at radius 1 is 1.60 bits per heavy atom. The third-order valence-corrected chi connectivity index (χ3v) is 3.03. The predicted octanol–water partition coefficient (Wildman–Crippen LogP) is 0.856. The van der Waals surface area contributed by atoms with Gasteiger partial charge in [0.1, 0.15) is 0 Å². The molecule has 0 saturated heterocycles. The lowest BCUT2D eigenvalue weighted by Crippen LogP contribution is -2.36. The molecular formula is C11H16N2O2. The largest absolute Gasteiger partial charge is 0.394 e. The van der Waals surface area contributed by atoms with E-state index in [-0.39, 0.29) is 5.56 Å². The van der Waals surface area contributed by atoms with Gasteiger partial charge in [-0.2, -0.15) is 0 Å². The molecule has 0 bridgehead atoms. The van der Waals surface area contributed by atoms with Gasteiger partial charge in [0.15, 0.2) is 0 Å². The van der Waals surface area contributed by atoms with Crippen molar-refractivity contribution in [3.63, 3.8) is 0 Å². The third-order valence-electron chi connectivity index (χ3n) is 3.03. The van der Waals surface area contributed by atoms with Crippen LogP contribution in [0.25, 0.3) is 0 Å². The lowest BCUT2D eigenvalue weighted by atomic mass is 9.82. The van der Waals surface area contributed by atoms with Gasteiger partial charge in [-0.05, 0) is 30.9 Å². The van der Waals surface area contributed by atoms with Crippen LogP contribution in [0.3, 0.4) is 0 Å². The van der Waals surface area contributed by atoms with Crippen LogP contribution in [0.1, 0.15) is 12.8 Å². The molecule has 1 aromatic heterocycles. The van der Waals surface area contributed by atoms with Crippen LogP contribution < -0.4 is 11.3 Å². The molecule has 0 atom stereocenters. The molecule has 1 aliphatic carbocycles. The molecular weight excluding hydrogens is 192 g/mol. The maximum Gasteiger partial charge on any atom is 0.273 e. The minimum atomic E-state index is -0.0848. The van der Waals surface area contributed by atoms with Crippen LogP contribution in [-0.2, 0) is 11.3 Å². The summed E-state index contributed by atoms with van der Waals surface area (Å²) in [5.74, 6) is 0.550. The fraction of sp³-hybridized carbons (Fsp3) is 0.545. The summed E-state index contributed by atoms with van der Waals surface area (Å²) in [6, 6.07) is 3.45. The average Bonchev–Trinajstić information content (AvgIpc) is 2.17. The monoisotopic (exact) mass is 208 g/mol. The fourth-order valence-electron chi connectivity index (χ4n) is 1.99. The molecule has 1 aromatic rings. The first-order valence-electron chi connectivity index (χ1n) is 5.18. The maximum atomic E-state index is 11.6. The molecule has 1 heterocycles. The van der Waals surface area contributed by atoms with Gasteiger partial charge < -0.3 is 15.0 Å². The van der Waals surface area contributed by atoms with E-state index in [1.807, 2.05) is 6.07 Å². The minimum Gasteiger partial charge on any atom is -0.394 e. The van der Waals surface area contributed by atoms with Crippen LogP contribution in [0.2, 0.25) is 0 Å². The molecule has 2 N–H and O–H groups in total. The third kappa shape index (κ3) is 2.04. The van der Waals surface area contributed by atoms with Crippen LogP contribution in [0.15, 0.2) is 23.1 Å². The van der Waals surface area contributed by atoms with Crippen molar-refractivity contribution in [1.82, 2.24) is 4.57 Å². The second-order valence-electron chi connectivity index (χ2n) is 4.12. The molecule has 0 spiro atoms. The number of anilines is 1. The van der Waals surface area contributed by atoms with Crippen LogP contribution in [0.4, 0.5) is 5.69 Å². The Bertz CT molecular complexity index is 394. The lowest BCUT2D eigenvalue weighted by Gasteiger charge is -2.34. The number of hydrogen-bond donors (Lipinski definition) is 1. The molecule has 0 radical (unpaired) electrons. The van der Waals surface area contributed by atoms with Crippen LogP contribution >= 0.6 is 0 Å². The first-order valence-corrected chi connectivity index (χ1v) is 5.18. The summed E-state index contributed by atoms with van der Waals surface area (Å²) in [6.45, 7) is 0.754. The topological polar surface area (TPSA) is 57.2 Å². The summed E-state index contributed by atoms with van der Waals surface area (Å²) in [4.78, 5) is 11.6. The molecule has 1 aliphatic rings. The van der Waals surface area contributed by atoms with Crippen molar-refractivity contribution in [2.24, 2.45) is 5.92 Å². The van der Waals surface area contributed by atoms with Gasteiger partial charge in [-0.25, -0.2) is 0 Å². The van der Waals surface area contributed by atoms with Crippen LogP contribution in [0, 0.1) is 5.92 Å². The van der Waals surface area contributed by atoms with E-state index in [1.54, 1.807) is 23.9 Å². The molecule has 0 amide bonds. The molecule has 0 aliphatic heterocycles. The molecule has 4 nitrogen and oxygen atoms in total. The minimum absolute atomic E-state index is 0.0848. The summed E-state index contributed by atoms with van der Waals surface area (Å²) in [5, 5.41) is 0. The van der Waals surface area contributed by atoms with E-state index in [4.69, 9.17) is 10.5 Å². The first-order chi connectivity index (χ1) is 7.20. The van der Waals surface area contributed by atoms with Gasteiger partial charge in [-0.15, -0.1) is 0 Å². The Balaban J connectivity index is 2.01. The van der Waals surface area contributed by atoms with Gasteiger partial charge in [0.2, 0.25) is 0 Å². The number of hydrogen-bond acceptors (Lipinski definition) is 3. The number of nitrogens with two attached hydrogens (primary N) is 1. The number of pyridine rings is 1. The Morgan fingerprint density at radius 3 is 3.00 bits per heavy atom. The highest BCUT2D eigenvalue weighted by atomic mass is 16.5. The fourth-order valence-corrected chi connectivity index (χ4v) is 1.99. The zero-order chi connectivity index (χ0) is 10.8. The molecule has 1 fully saturated rings. The summed E-state index contributed by atoms with van der Waals surface area (Å²) in [7, 11) is 1.73. The molecule has 1 saturated carbocycles. The summed E-state index contributed by atoms with van der Waals surface area (Å²) < 4.78 is 6.88. The van der Waals surface area contributed by atoms with E-state index >= 15 is 0 Å². The summed E-state index contributed by atoms with van der Waals surface area (Å²) in [6.07, 6.45) is 4.25. The summed E-state index contributed by atoms with van der Waals surface area (Å²) >= 11 is 0. The van der Waals surface area contributed by atoms with Crippen molar-refractivity contribution in [2.45, 2.75) is 25.5 Å². The Hall–Kier alpha value is -1.29. The SMILES string of the molecule is COC1CC(Cn2cccc(N)c2=O)C1. The van der Waals surface area contributed by atoms with Crippen molar-refractivity contribution in [3.05, 3.63) is 28.7 Å². The second kappa shape index (κ2) is 4.06. The Kier molecular flexibility index (Phi) is 2.77. The second-order valence-corrected chi connectivity index (χ2v) is 4.12. The van der Waals surface area contributed by atoms with E-state index in [0.29, 0.717) is 17.7 Å². The van der Waals surface area contributed by atoms with Crippen molar-refractivity contribution in [2.75, 3.05) is 12.8 Å². The van der Waals surface area contributed by atoms with E-state index < -0.39 is 0 Å². The molecule has 82 valence electrons.